The van der Waals surface area contributed by atoms with Gasteiger partial charge in [0.15, 0.2) is 5.43 Å². The van der Waals surface area contributed by atoms with Crippen LogP contribution in [0.2, 0.25) is 0 Å². The maximum Gasteiger partial charge on any atom is 0.191 e. The summed E-state index contributed by atoms with van der Waals surface area (Å²) in [6.45, 7) is 4.76. The number of pyridine rings is 1. The normalized spacial score (nSPS) is 12.3. The van der Waals surface area contributed by atoms with Crippen LogP contribution in [0, 0.1) is 5.92 Å². The van der Waals surface area contributed by atoms with Crippen LogP contribution >= 0.6 is 15.9 Å². The van der Waals surface area contributed by atoms with E-state index < -0.39 is 0 Å². The number of aromatic nitrogens is 1. The molecule has 1 atom stereocenters. The van der Waals surface area contributed by atoms with Gasteiger partial charge in [-0.05, 0) is 63.3 Å². The summed E-state index contributed by atoms with van der Waals surface area (Å²) in [5.41, 5.74) is 2.17. The third-order valence-electron chi connectivity index (χ3n) is 5.71. The zero-order valence-electron chi connectivity index (χ0n) is 17.7. The molecule has 0 radical (unpaired) electrons. The smallest absolute Gasteiger partial charge is 0.191 e. The lowest BCUT2D eigenvalue weighted by molar-refractivity contribution is 0.458. The molecule has 0 aliphatic rings. The maximum absolute atomic E-state index is 12.3. The van der Waals surface area contributed by atoms with Crippen molar-refractivity contribution in [3.8, 4) is 0 Å². The third kappa shape index (κ3) is 5.17. The third-order valence-corrected chi connectivity index (χ3v) is 6.64. The van der Waals surface area contributed by atoms with E-state index >= 15 is 0 Å². The van der Waals surface area contributed by atoms with Gasteiger partial charge in [-0.15, -0.1) is 0 Å². The second-order valence-corrected chi connectivity index (χ2v) is 8.81. The van der Waals surface area contributed by atoms with Crippen LogP contribution in [0.5, 0.6) is 0 Å². The van der Waals surface area contributed by atoms with Gasteiger partial charge in [0.05, 0.1) is 5.52 Å². The molecule has 4 aromatic rings. The standard InChI is InChI=1S/C26H28BrN3O/c1-2-7-18(16-29-25-14-24(31)22-10-5-6-11-23(22)30-25)15-28-17-20-13-12-19-8-3-4-9-21(19)26(20)27/h3-6,8-14,18,28H,2,7,15-17H2,1H3,(H2,29,30,31). The molecule has 0 spiro atoms. The van der Waals surface area contributed by atoms with E-state index in [0.29, 0.717) is 5.92 Å². The minimum Gasteiger partial charge on any atom is -0.371 e. The van der Waals surface area contributed by atoms with Gasteiger partial charge >= 0.3 is 0 Å². The lowest BCUT2D eigenvalue weighted by Gasteiger charge is -2.19. The predicted octanol–water partition coefficient (Wildman–Crippen LogP) is 6.06. The Hall–Kier alpha value is -2.63. The van der Waals surface area contributed by atoms with Crippen molar-refractivity contribution in [1.82, 2.24) is 10.3 Å². The summed E-state index contributed by atoms with van der Waals surface area (Å²) in [6.07, 6.45) is 2.25. The van der Waals surface area contributed by atoms with Crippen LogP contribution in [-0.4, -0.2) is 18.1 Å². The molecule has 31 heavy (non-hydrogen) atoms. The minimum atomic E-state index is 0.0446. The number of nitrogens with one attached hydrogen (secondary N) is 3. The molecule has 3 aromatic carbocycles. The van der Waals surface area contributed by atoms with Crippen molar-refractivity contribution >= 4 is 43.4 Å². The van der Waals surface area contributed by atoms with Crippen LogP contribution in [-0.2, 0) is 6.54 Å². The van der Waals surface area contributed by atoms with Gasteiger partial charge in [0.2, 0.25) is 0 Å². The van der Waals surface area contributed by atoms with Crippen molar-refractivity contribution < 1.29 is 0 Å². The van der Waals surface area contributed by atoms with E-state index in [1.165, 1.54) is 16.3 Å². The number of fused-ring (bicyclic) bond motifs is 2. The van der Waals surface area contributed by atoms with E-state index in [4.69, 9.17) is 0 Å². The lowest BCUT2D eigenvalue weighted by atomic mass is 10.0. The van der Waals surface area contributed by atoms with Crippen molar-refractivity contribution in [1.29, 1.82) is 0 Å². The van der Waals surface area contributed by atoms with Gasteiger partial charge in [0, 0.05) is 29.0 Å². The van der Waals surface area contributed by atoms with Crippen molar-refractivity contribution in [2.24, 2.45) is 5.92 Å². The molecule has 3 N–H and O–H groups in total. The fourth-order valence-corrected chi connectivity index (χ4v) is 4.69. The summed E-state index contributed by atoms with van der Waals surface area (Å²) in [4.78, 5) is 15.7. The summed E-state index contributed by atoms with van der Waals surface area (Å²) < 4.78 is 1.16. The maximum atomic E-state index is 12.3. The predicted molar refractivity (Wildman–Crippen MR) is 135 cm³/mol. The highest BCUT2D eigenvalue weighted by atomic mass is 79.9. The zero-order chi connectivity index (χ0) is 21.6. The summed E-state index contributed by atoms with van der Waals surface area (Å²) in [6, 6.07) is 22.1. The van der Waals surface area contributed by atoms with Crippen LogP contribution in [0.3, 0.4) is 0 Å². The first-order valence-electron chi connectivity index (χ1n) is 10.9. The average Bonchev–Trinajstić information content (AvgIpc) is 2.79. The molecule has 0 amide bonds. The topological polar surface area (TPSA) is 56.9 Å². The molecule has 0 saturated heterocycles. The van der Waals surface area contributed by atoms with Gasteiger partial charge in [-0.2, -0.15) is 0 Å². The summed E-state index contributed by atoms with van der Waals surface area (Å²) in [7, 11) is 0. The summed E-state index contributed by atoms with van der Waals surface area (Å²) in [5.74, 6) is 1.25. The van der Waals surface area contributed by atoms with Crippen molar-refractivity contribution in [2.45, 2.75) is 26.3 Å². The van der Waals surface area contributed by atoms with E-state index in [-0.39, 0.29) is 5.43 Å². The molecule has 160 valence electrons. The monoisotopic (exact) mass is 477 g/mol. The molecule has 0 saturated carbocycles. The lowest BCUT2D eigenvalue weighted by Crippen LogP contribution is -2.28. The molecule has 0 bridgehead atoms. The molecule has 1 aromatic heterocycles. The van der Waals surface area contributed by atoms with Crippen LogP contribution < -0.4 is 16.1 Å². The molecule has 0 fully saturated rings. The number of para-hydroxylation sites is 1. The van der Waals surface area contributed by atoms with Crippen molar-refractivity contribution in [3.05, 3.63) is 87.0 Å². The molecular weight excluding hydrogens is 450 g/mol. The molecule has 0 aliphatic heterocycles. The molecule has 1 heterocycles. The van der Waals surface area contributed by atoms with Crippen LogP contribution in [0.4, 0.5) is 5.82 Å². The minimum absolute atomic E-state index is 0.0446. The van der Waals surface area contributed by atoms with Crippen LogP contribution in [0.1, 0.15) is 25.3 Å². The highest BCUT2D eigenvalue weighted by molar-refractivity contribution is 9.10. The first-order valence-corrected chi connectivity index (χ1v) is 11.7. The average molecular weight is 478 g/mol. The largest absolute Gasteiger partial charge is 0.371 e. The number of hydrogen-bond donors (Lipinski definition) is 3. The van der Waals surface area contributed by atoms with Gasteiger partial charge < -0.3 is 15.6 Å². The molecular formula is C26H28BrN3O. The molecule has 4 nitrogen and oxygen atoms in total. The van der Waals surface area contributed by atoms with Crippen molar-refractivity contribution in [3.63, 3.8) is 0 Å². The molecule has 5 heteroatoms. The quantitative estimate of drug-likeness (QED) is 0.274. The van der Waals surface area contributed by atoms with Gasteiger partial charge in [-0.25, -0.2) is 0 Å². The highest BCUT2D eigenvalue weighted by Crippen LogP contribution is 2.27. The van der Waals surface area contributed by atoms with Crippen molar-refractivity contribution in [2.75, 3.05) is 18.4 Å². The molecule has 0 aliphatic carbocycles. The second-order valence-electron chi connectivity index (χ2n) is 8.02. The zero-order valence-corrected chi connectivity index (χ0v) is 19.3. The SMILES string of the molecule is CCCC(CNCc1ccc2ccccc2c1Br)CNc1cc(=O)c2ccccc2[nH]1. The summed E-state index contributed by atoms with van der Waals surface area (Å²) >= 11 is 3.78. The Kier molecular flexibility index (Phi) is 7.05. The second kappa shape index (κ2) is 10.1. The Morgan fingerprint density at radius 3 is 2.58 bits per heavy atom. The summed E-state index contributed by atoms with van der Waals surface area (Å²) in [5, 5.41) is 10.3. The van der Waals surface area contributed by atoms with E-state index in [0.717, 1.165) is 53.7 Å². The Bertz CT molecular complexity index is 1230. The number of halogens is 1. The van der Waals surface area contributed by atoms with E-state index in [2.05, 4.69) is 74.9 Å². The number of rotatable bonds is 9. The first kappa shape index (κ1) is 21.6. The van der Waals surface area contributed by atoms with Crippen LogP contribution in [0.15, 0.2) is 76.0 Å². The number of benzene rings is 3. The molecule has 4 rings (SSSR count). The molecule has 1 unspecified atom stereocenters. The first-order chi connectivity index (χ1) is 15.2. The van der Waals surface area contributed by atoms with Gasteiger partial charge in [-0.1, -0.05) is 61.9 Å². The van der Waals surface area contributed by atoms with E-state index in [1.54, 1.807) is 6.07 Å². The Morgan fingerprint density at radius 2 is 1.74 bits per heavy atom. The van der Waals surface area contributed by atoms with E-state index in [9.17, 15) is 4.79 Å². The van der Waals surface area contributed by atoms with E-state index in [1.807, 2.05) is 24.3 Å². The van der Waals surface area contributed by atoms with Crippen LogP contribution in [0.25, 0.3) is 21.7 Å². The Labute approximate surface area is 191 Å². The highest BCUT2D eigenvalue weighted by Gasteiger charge is 2.10. The number of aromatic amines is 1. The fraction of sp³-hybridized carbons (Fsp3) is 0.269. The van der Waals surface area contributed by atoms with Gasteiger partial charge in [0.1, 0.15) is 5.82 Å². The van der Waals surface area contributed by atoms with Gasteiger partial charge in [0.25, 0.3) is 0 Å². The Balaban J connectivity index is 1.37. The Morgan fingerprint density at radius 1 is 0.968 bits per heavy atom. The number of anilines is 1. The number of H-pyrrole nitrogens is 1. The fourth-order valence-electron chi connectivity index (χ4n) is 4.06. The van der Waals surface area contributed by atoms with Gasteiger partial charge in [-0.3, -0.25) is 4.79 Å². The number of hydrogen-bond acceptors (Lipinski definition) is 3.